The second kappa shape index (κ2) is 8.05. The van der Waals surface area contributed by atoms with Crippen LogP contribution in [0.25, 0.3) is 11.0 Å². The summed E-state index contributed by atoms with van der Waals surface area (Å²) in [6, 6.07) is 8.58. The Kier molecular flexibility index (Phi) is 5.70. The molecule has 0 spiro atoms. The highest BCUT2D eigenvalue weighted by Crippen LogP contribution is 2.28. The van der Waals surface area contributed by atoms with Crippen LogP contribution in [0.5, 0.6) is 0 Å². The normalized spacial score (nSPS) is 11.1. The third-order valence-electron chi connectivity index (χ3n) is 4.57. The van der Waals surface area contributed by atoms with Crippen LogP contribution in [0.2, 0.25) is 5.02 Å². The lowest BCUT2D eigenvalue weighted by molar-refractivity contribution is -0.385. The molecule has 0 aliphatic carbocycles. The minimum atomic E-state index is -0.906. The molecule has 0 radical (unpaired) electrons. The lowest BCUT2D eigenvalue weighted by atomic mass is 9.95. The number of nitro benzene ring substituents is 1. The molecule has 0 aliphatic rings. The van der Waals surface area contributed by atoms with Gasteiger partial charge in [-0.2, -0.15) is 0 Å². The van der Waals surface area contributed by atoms with Gasteiger partial charge in [0.05, 0.1) is 4.92 Å². The molecular weight excluding hydrogens is 398 g/mol. The first kappa shape index (κ1) is 20.5. The van der Waals surface area contributed by atoms with Crippen LogP contribution >= 0.6 is 11.6 Å². The molecule has 0 aliphatic heterocycles. The quantitative estimate of drug-likeness (QED) is 0.247. The predicted molar refractivity (Wildman–Crippen MR) is 109 cm³/mol. The van der Waals surface area contributed by atoms with Gasteiger partial charge in [-0.25, -0.2) is 9.59 Å². The largest absolute Gasteiger partial charge is 0.457 e. The summed E-state index contributed by atoms with van der Waals surface area (Å²) in [6.07, 6.45) is 0. The third kappa shape index (κ3) is 4.30. The molecule has 0 unspecified atom stereocenters. The number of carbonyl (C=O) groups excluding carboxylic acids is 1. The van der Waals surface area contributed by atoms with Gasteiger partial charge in [0.15, 0.2) is 0 Å². The number of esters is 1. The van der Waals surface area contributed by atoms with E-state index in [9.17, 15) is 19.7 Å². The van der Waals surface area contributed by atoms with Gasteiger partial charge in [-0.1, -0.05) is 25.4 Å². The number of ether oxygens (including phenoxy) is 1. The van der Waals surface area contributed by atoms with Crippen molar-refractivity contribution < 1.29 is 18.9 Å². The SMILES string of the molecule is Cc1cc2oc(=O)cc(COC(=O)c3cc(Cl)ccc3[N+](=O)[O-])c2cc1C(C)C. The number of hydrogen-bond acceptors (Lipinski definition) is 6. The Labute approximate surface area is 171 Å². The highest BCUT2D eigenvalue weighted by Gasteiger charge is 2.22. The van der Waals surface area contributed by atoms with E-state index in [0.29, 0.717) is 16.5 Å². The average molecular weight is 416 g/mol. The van der Waals surface area contributed by atoms with E-state index in [1.165, 1.54) is 18.2 Å². The van der Waals surface area contributed by atoms with Crippen LogP contribution in [0.1, 0.15) is 46.8 Å². The smallest absolute Gasteiger partial charge is 0.345 e. The third-order valence-corrected chi connectivity index (χ3v) is 4.81. The molecule has 2 aromatic carbocycles. The zero-order valence-corrected chi connectivity index (χ0v) is 16.8. The van der Waals surface area contributed by atoms with Crippen molar-refractivity contribution in [3.05, 3.63) is 84.2 Å². The summed E-state index contributed by atoms with van der Waals surface area (Å²) in [5, 5.41) is 12.0. The van der Waals surface area contributed by atoms with E-state index in [1.807, 2.05) is 26.8 Å². The number of hydrogen-bond donors (Lipinski definition) is 0. The van der Waals surface area contributed by atoms with Crippen molar-refractivity contribution in [3.63, 3.8) is 0 Å². The first-order valence-electron chi connectivity index (χ1n) is 8.85. The molecule has 8 heteroatoms. The summed E-state index contributed by atoms with van der Waals surface area (Å²) >= 11 is 5.86. The second-order valence-corrected chi connectivity index (χ2v) is 7.38. The fraction of sp³-hybridized carbons (Fsp3) is 0.238. The monoisotopic (exact) mass is 415 g/mol. The standard InChI is InChI=1S/C21H18ClNO6/c1-11(2)15-9-16-13(7-20(24)29-19(16)6-12(15)3)10-28-21(25)17-8-14(22)4-5-18(17)23(26)27/h4-9,11H,10H2,1-3H3. The second-order valence-electron chi connectivity index (χ2n) is 6.95. The van der Waals surface area contributed by atoms with Gasteiger partial charge >= 0.3 is 11.6 Å². The van der Waals surface area contributed by atoms with E-state index in [4.69, 9.17) is 20.8 Å². The maximum Gasteiger partial charge on any atom is 0.345 e. The Hall–Kier alpha value is -3.19. The van der Waals surface area contributed by atoms with Gasteiger partial charge in [0.1, 0.15) is 17.8 Å². The van der Waals surface area contributed by atoms with Gasteiger partial charge in [0.25, 0.3) is 5.69 Å². The number of aryl methyl sites for hydroxylation is 1. The van der Waals surface area contributed by atoms with Crippen molar-refractivity contribution >= 4 is 34.2 Å². The highest BCUT2D eigenvalue weighted by atomic mass is 35.5. The molecule has 0 bridgehead atoms. The van der Waals surface area contributed by atoms with E-state index in [0.717, 1.165) is 17.2 Å². The van der Waals surface area contributed by atoms with E-state index >= 15 is 0 Å². The number of halogens is 1. The van der Waals surface area contributed by atoms with Crippen molar-refractivity contribution in [2.24, 2.45) is 0 Å². The number of carbonyl (C=O) groups is 1. The molecule has 0 saturated carbocycles. The lowest BCUT2D eigenvalue weighted by Gasteiger charge is -2.13. The van der Waals surface area contributed by atoms with E-state index in [-0.39, 0.29) is 23.1 Å². The Morgan fingerprint density at radius 3 is 2.62 bits per heavy atom. The van der Waals surface area contributed by atoms with Gasteiger partial charge in [0, 0.05) is 28.1 Å². The molecule has 0 saturated heterocycles. The molecule has 0 N–H and O–H groups in total. The van der Waals surface area contributed by atoms with Gasteiger partial charge in [-0.15, -0.1) is 0 Å². The molecule has 0 atom stereocenters. The average Bonchev–Trinajstić information content (AvgIpc) is 2.64. The Balaban J connectivity index is 1.98. The highest BCUT2D eigenvalue weighted by molar-refractivity contribution is 6.31. The fourth-order valence-electron chi connectivity index (χ4n) is 3.18. The van der Waals surface area contributed by atoms with Crippen molar-refractivity contribution in [3.8, 4) is 0 Å². The number of benzene rings is 2. The summed E-state index contributed by atoms with van der Waals surface area (Å²) < 4.78 is 10.5. The molecule has 3 aromatic rings. The zero-order chi connectivity index (χ0) is 21.3. The van der Waals surface area contributed by atoms with Crippen LogP contribution in [0.3, 0.4) is 0 Å². The number of fused-ring (bicyclic) bond motifs is 1. The van der Waals surface area contributed by atoms with Crippen molar-refractivity contribution in [2.75, 3.05) is 0 Å². The topological polar surface area (TPSA) is 99.7 Å². The number of nitro groups is 1. The first-order valence-corrected chi connectivity index (χ1v) is 9.23. The fourth-order valence-corrected chi connectivity index (χ4v) is 3.36. The maximum absolute atomic E-state index is 12.5. The van der Waals surface area contributed by atoms with Gasteiger partial charge in [-0.3, -0.25) is 10.1 Å². The summed E-state index contributed by atoms with van der Waals surface area (Å²) in [4.78, 5) is 34.9. The van der Waals surface area contributed by atoms with Crippen LogP contribution < -0.4 is 5.63 Å². The van der Waals surface area contributed by atoms with Gasteiger partial charge in [-0.05, 0) is 48.2 Å². The van der Waals surface area contributed by atoms with Crippen molar-refractivity contribution in [1.29, 1.82) is 0 Å². The zero-order valence-electron chi connectivity index (χ0n) is 16.0. The summed E-state index contributed by atoms with van der Waals surface area (Å²) in [5.41, 5.74) is 1.66. The molecule has 0 amide bonds. The maximum atomic E-state index is 12.5. The number of rotatable bonds is 5. The lowest BCUT2D eigenvalue weighted by Crippen LogP contribution is -2.10. The molecule has 1 heterocycles. The Morgan fingerprint density at radius 1 is 1.24 bits per heavy atom. The molecule has 0 fully saturated rings. The van der Waals surface area contributed by atoms with Crippen molar-refractivity contribution in [2.45, 2.75) is 33.3 Å². The molecule has 1 aromatic heterocycles. The molecule has 3 rings (SSSR count). The molecule has 7 nitrogen and oxygen atoms in total. The van der Waals surface area contributed by atoms with Gasteiger partial charge < -0.3 is 9.15 Å². The molecule has 29 heavy (non-hydrogen) atoms. The van der Waals surface area contributed by atoms with E-state index < -0.39 is 22.2 Å². The van der Waals surface area contributed by atoms with Crippen molar-refractivity contribution in [1.82, 2.24) is 0 Å². The first-order chi connectivity index (χ1) is 13.7. The van der Waals surface area contributed by atoms with E-state index in [2.05, 4.69) is 0 Å². The van der Waals surface area contributed by atoms with Crippen LogP contribution in [0.15, 0.2) is 45.6 Å². The van der Waals surface area contributed by atoms with Crippen LogP contribution in [0, 0.1) is 17.0 Å². The minimum absolute atomic E-state index is 0.172. The van der Waals surface area contributed by atoms with E-state index in [1.54, 1.807) is 6.07 Å². The van der Waals surface area contributed by atoms with Crippen LogP contribution in [-0.4, -0.2) is 10.9 Å². The molecular formula is C21H18ClNO6. The summed E-state index contributed by atoms with van der Waals surface area (Å²) in [5.74, 6) is -0.660. The minimum Gasteiger partial charge on any atom is -0.457 e. The number of nitrogens with zero attached hydrogens (tertiary/aromatic N) is 1. The van der Waals surface area contributed by atoms with Gasteiger partial charge in [0.2, 0.25) is 0 Å². The Morgan fingerprint density at radius 2 is 1.97 bits per heavy atom. The van der Waals surface area contributed by atoms with Crippen LogP contribution in [-0.2, 0) is 11.3 Å². The summed E-state index contributed by atoms with van der Waals surface area (Å²) in [6.45, 7) is 5.78. The summed E-state index contributed by atoms with van der Waals surface area (Å²) in [7, 11) is 0. The Bertz CT molecular complexity index is 1180. The molecule has 150 valence electrons. The van der Waals surface area contributed by atoms with Crippen LogP contribution in [0.4, 0.5) is 5.69 Å². The predicted octanol–water partition coefficient (Wildman–Crippen LogP) is 5.14.